The molecule has 3 aromatic rings. The normalized spacial score (nSPS) is 23.9. The maximum atomic E-state index is 12.3. The van der Waals surface area contributed by atoms with Crippen LogP contribution in [0.4, 0.5) is 5.82 Å². The van der Waals surface area contributed by atoms with E-state index in [0.29, 0.717) is 46.5 Å². The van der Waals surface area contributed by atoms with E-state index in [0.717, 1.165) is 30.6 Å². The molecule has 4 heterocycles. The van der Waals surface area contributed by atoms with E-state index in [9.17, 15) is 15.0 Å². The summed E-state index contributed by atoms with van der Waals surface area (Å²) in [6.07, 6.45) is 4.28. The van der Waals surface area contributed by atoms with E-state index in [-0.39, 0.29) is 24.7 Å². The van der Waals surface area contributed by atoms with E-state index in [1.54, 1.807) is 18.3 Å². The fourth-order valence-corrected chi connectivity index (χ4v) is 6.28. The monoisotopic (exact) mass is 532 g/mol. The molecule has 2 fully saturated rings. The average molecular weight is 533 g/mol. The molecule has 2 saturated heterocycles. The van der Waals surface area contributed by atoms with Crippen molar-refractivity contribution in [1.82, 2.24) is 24.6 Å². The highest BCUT2D eigenvalue weighted by atomic mass is 35.5. The van der Waals surface area contributed by atoms with Crippen LogP contribution in [0.25, 0.3) is 11.2 Å². The summed E-state index contributed by atoms with van der Waals surface area (Å²) >= 11 is 12.6. The van der Waals surface area contributed by atoms with E-state index >= 15 is 0 Å². The number of carboxylic acid groups (broad SMARTS) is 1. The van der Waals surface area contributed by atoms with Gasteiger partial charge in [-0.05, 0) is 57.4 Å². The zero-order chi connectivity index (χ0) is 25.6. The van der Waals surface area contributed by atoms with Gasteiger partial charge in [-0.15, -0.1) is 0 Å². The van der Waals surface area contributed by atoms with Crippen molar-refractivity contribution in [2.45, 2.75) is 51.2 Å². The minimum absolute atomic E-state index is 0.0399. The summed E-state index contributed by atoms with van der Waals surface area (Å²) in [5.74, 6) is -0.779. The number of hydrogen-bond donors (Lipinski definition) is 2. The number of hydrogen-bond acceptors (Lipinski definition) is 7. The standard InChI is InChI=1S/C25H30Cl2N6O3/c1-14-23-24(33(30-14)15(2)18-6-5-16(26)10-20(18)27)29-22(11-28-23)31-9-7-21(19(12-31)25(35)36)32-8-3-4-17(32)13-34/h5-6,10-11,15,17,19,21,34H,3-4,7-9,12-13H2,1-2H3,(H,35,36)/t15-,17+,19?,21?/m1/s1. The second-order valence-corrected chi connectivity index (χ2v) is 10.6. The largest absolute Gasteiger partial charge is 0.481 e. The van der Waals surface area contributed by atoms with Crippen molar-refractivity contribution >= 4 is 46.2 Å². The molecule has 0 saturated carbocycles. The number of rotatable bonds is 6. The number of likely N-dealkylation sites (tertiary alicyclic amines) is 1. The smallest absolute Gasteiger partial charge is 0.309 e. The summed E-state index contributed by atoms with van der Waals surface area (Å²) < 4.78 is 1.81. The molecule has 0 bridgehead atoms. The summed E-state index contributed by atoms with van der Waals surface area (Å²) in [7, 11) is 0. The van der Waals surface area contributed by atoms with Gasteiger partial charge < -0.3 is 15.1 Å². The van der Waals surface area contributed by atoms with Gasteiger partial charge in [0.2, 0.25) is 0 Å². The molecule has 0 radical (unpaired) electrons. The molecular formula is C25H30Cl2N6O3. The molecule has 2 N–H and O–H groups in total. The van der Waals surface area contributed by atoms with Gasteiger partial charge in [-0.1, -0.05) is 29.3 Å². The number of aromatic nitrogens is 4. The first-order valence-electron chi connectivity index (χ1n) is 12.3. The van der Waals surface area contributed by atoms with Crippen molar-refractivity contribution in [1.29, 1.82) is 0 Å². The van der Waals surface area contributed by atoms with E-state index in [2.05, 4.69) is 9.88 Å². The first kappa shape index (κ1) is 25.2. The molecule has 2 aromatic heterocycles. The van der Waals surface area contributed by atoms with Gasteiger partial charge in [0.15, 0.2) is 5.65 Å². The lowest BCUT2D eigenvalue weighted by atomic mass is 9.90. The van der Waals surface area contributed by atoms with Crippen LogP contribution in [0.3, 0.4) is 0 Å². The summed E-state index contributed by atoms with van der Waals surface area (Å²) in [5.41, 5.74) is 2.95. The summed E-state index contributed by atoms with van der Waals surface area (Å²) in [6, 6.07) is 5.12. The Bertz CT molecular complexity index is 1280. The minimum Gasteiger partial charge on any atom is -0.481 e. The first-order chi connectivity index (χ1) is 17.3. The topological polar surface area (TPSA) is 108 Å². The van der Waals surface area contributed by atoms with Crippen molar-refractivity contribution in [2.24, 2.45) is 5.92 Å². The van der Waals surface area contributed by atoms with Gasteiger partial charge in [-0.25, -0.2) is 14.6 Å². The quantitative estimate of drug-likeness (QED) is 0.493. The van der Waals surface area contributed by atoms with Gasteiger partial charge in [0.25, 0.3) is 0 Å². The fraction of sp³-hybridized carbons (Fsp3) is 0.520. The van der Waals surface area contributed by atoms with Crippen molar-refractivity contribution in [2.75, 3.05) is 31.1 Å². The number of benzene rings is 1. The minimum atomic E-state index is -0.825. The highest BCUT2D eigenvalue weighted by Crippen LogP contribution is 2.33. The number of aryl methyl sites for hydroxylation is 1. The third-order valence-electron chi connectivity index (χ3n) is 7.62. The number of aliphatic hydroxyl groups is 1. The van der Waals surface area contributed by atoms with Gasteiger partial charge in [-0.2, -0.15) is 5.10 Å². The number of aliphatic carboxylic acids is 1. The van der Waals surface area contributed by atoms with Gasteiger partial charge in [-0.3, -0.25) is 9.69 Å². The highest BCUT2D eigenvalue weighted by molar-refractivity contribution is 6.35. The summed E-state index contributed by atoms with van der Waals surface area (Å²) in [5, 5.41) is 25.6. The van der Waals surface area contributed by atoms with Crippen molar-refractivity contribution in [3.8, 4) is 0 Å². The molecule has 4 atom stereocenters. The molecule has 1 aromatic carbocycles. The Morgan fingerprint density at radius 2 is 2.06 bits per heavy atom. The van der Waals surface area contributed by atoms with Gasteiger partial charge in [0, 0.05) is 35.2 Å². The van der Waals surface area contributed by atoms with Crippen molar-refractivity contribution < 1.29 is 15.0 Å². The molecule has 0 amide bonds. The Balaban J connectivity index is 1.45. The van der Waals surface area contributed by atoms with Gasteiger partial charge in [0.1, 0.15) is 11.3 Å². The Kier molecular flexibility index (Phi) is 7.09. The van der Waals surface area contributed by atoms with Crippen molar-refractivity contribution in [3.63, 3.8) is 0 Å². The Morgan fingerprint density at radius 3 is 2.78 bits per heavy atom. The van der Waals surface area contributed by atoms with E-state index in [4.69, 9.17) is 33.3 Å². The highest BCUT2D eigenvalue weighted by Gasteiger charge is 2.42. The predicted octanol–water partition coefficient (Wildman–Crippen LogP) is 3.79. The third kappa shape index (κ3) is 4.53. The van der Waals surface area contributed by atoms with Crippen LogP contribution in [-0.2, 0) is 4.79 Å². The lowest BCUT2D eigenvalue weighted by Gasteiger charge is -2.43. The number of aliphatic hydroxyl groups excluding tert-OH is 1. The molecule has 36 heavy (non-hydrogen) atoms. The number of fused-ring (bicyclic) bond motifs is 1. The van der Waals surface area contributed by atoms with E-state index in [1.165, 1.54) is 0 Å². The second kappa shape index (κ2) is 10.1. The van der Waals surface area contributed by atoms with E-state index < -0.39 is 11.9 Å². The zero-order valence-electron chi connectivity index (χ0n) is 20.3. The van der Waals surface area contributed by atoms with Gasteiger partial charge >= 0.3 is 5.97 Å². The molecule has 2 aliphatic rings. The fourth-order valence-electron chi connectivity index (χ4n) is 5.71. The average Bonchev–Trinajstić information content (AvgIpc) is 3.47. The predicted molar refractivity (Wildman–Crippen MR) is 139 cm³/mol. The molecule has 0 spiro atoms. The molecule has 192 valence electrons. The van der Waals surface area contributed by atoms with Crippen LogP contribution in [-0.4, -0.2) is 79.2 Å². The maximum absolute atomic E-state index is 12.3. The van der Waals surface area contributed by atoms with Crippen LogP contribution in [0.15, 0.2) is 24.4 Å². The SMILES string of the molecule is Cc1nn([C@H](C)c2ccc(Cl)cc2Cl)c2nc(N3CCC(N4CCC[C@H]4CO)C(C(=O)O)C3)cnc12. The Hall–Kier alpha value is -2.46. The lowest BCUT2D eigenvalue weighted by Crippen LogP contribution is -2.55. The molecule has 2 aliphatic heterocycles. The molecule has 9 nitrogen and oxygen atoms in total. The Morgan fingerprint density at radius 1 is 1.25 bits per heavy atom. The molecule has 0 aliphatic carbocycles. The first-order valence-corrected chi connectivity index (χ1v) is 13.0. The van der Waals surface area contributed by atoms with Crippen LogP contribution in [0.1, 0.15) is 43.5 Å². The van der Waals surface area contributed by atoms with Crippen LogP contribution < -0.4 is 4.90 Å². The summed E-state index contributed by atoms with van der Waals surface area (Å²) in [4.78, 5) is 26.0. The Labute approximate surface area is 219 Å². The molecule has 11 heteroatoms. The number of piperidine rings is 1. The lowest BCUT2D eigenvalue weighted by molar-refractivity contribution is -0.144. The number of anilines is 1. The van der Waals surface area contributed by atoms with Gasteiger partial charge in [0.05, 0.1) is 30.5 Å². The van der Waals surface area contributed by atoms with Crippen molar-refractivity contribution in [3.05, 3.63) is 45.7 Å². The molecule has 2 unspecified atom stereocenters. The molecular weight excluding hydrogens is 503 g/mol. The molecule has 5 rings (SSSR count). The van der Waals surface area contributed by atoms with Crippen LogP contribution in [0.5, 0.6) is 0 Å². The maximum Gasteiger partial charge on any atom is 0.309 e. The third-order valence-corrected chi connectivity index (χ3v) is 8.18. The number of halogens is 2. The van der Waals surface area contributed by atoms with Crippen LogP contribution in [0.2, 0.25) is 10.0 Å². The number of carbonyl (C=O) groups is 1. The number of nitrogens with zero attached hydrogens (tertiary/aromatic N) is 6. The van der Waals surface area contributed by atoms with Crippen LogP contribution >= 0.6 is 23.2 Å². The van der Waals surface area contributed by atoms with E-state index in [1.807, 2.05) is 29.5 Å². The zero-order valence-corrected chi connectivity index (χ0v) is 21.8. The summed E-state index contributed by atoms with van der Waals surface area (Å²) in [6.45, 7) is 5.77. The second-order valence-electron chi connectivity index (χ2n) is 9.74. The van der Waals surface area contributed by atoms with Crippen LogP contribution in [0, 0.1) is 12.8 Å². The number of carboxylic acids is 1.